The average Bonchev–Trinajstić information content (AvgIpc) is 2.39. The number of hydrogen-bond acceptors (Lipinski definition) is 2. The Morgan fingerprint density at radius 2 is 1.89 bits per heavy atom. The summed E-state index contributed by atoms with van der Waals surface area (Å²) >= 11 is 6.01. The fourth-order valence-electron chi connectivity index (χ4n) is 1.92. The molecule has 0 aliphatic carbocycles. The van der Waals surface area contributed by atoms with Crippen LogP contribution in [0.1, 0.15) is 24.5 Å². The summed E-state index contributed by atoms with van der Waals surface area (Å²) < 4.78 is 27.7. The van der Waals surface area contributed by atoms with Crippen LogP contribution in [0.3, 0.4) is 0 Å². The zero-order valence-electron chi connectivity index (χ0n) is 10.7. The molecule has 0 saturated heterocycles. The van der Waals surface area contributed by atoms with E-state index >= 15 is 0 Å². The van der Waals surface area contributed by atoms with Gasteiger partial charge >= 0.3 is 0 Å². The smallest absolute Gasteiger partial charge is 0.168 e. The first-order chi connectivity index (χ1) is 9.06. The standard InChI is InChI=1S/C14H13ClF2N2/c1-3-4-10-13(18-7-19-14(10)15)9-6-5-8(2)11(16)12(9)17/h5-7H,3-4H2,1-2H3. The quantitative estimate of drug-likeness (QED) is 0.783. The molecular weight excluding hydrogens is 270 g/mol. The topological polar surface area (TPSA) is 25.8 Å². The van der Waals surface area contributed by atoms with Gasteiger partial charge in [0.05, 0.1) is 5.69 Å². The summed E-state index contributed by atoms with van der Waals surface area (Å²) in [5, 5.41) is 0.284. The van der Waals surface area contributed by atoms with Gasteiger partial charge in [0.2, 0.25) is 0 Å². The van der Waals surface area contributed by atoms with Gasteiger partial charge in [-0.15, -0.1) is 0 Å². The Balaban J connectivity index is 2.65. The van der Waals surface area contributed by atoms with Crippen molar-refractivity contribution >= 4 is 11.6 Å². The van der Waals surface area contributed by atoms with Crippen molar-refractivity contribution in [2.75, 3.05) is 0 Å². The van der Waals surface area contributed by atoms with E-state index in [4.69, 9.17) is 11.6 Å². The van der Waals surface area contributed by atoms with Crippen LogP contribution < -0.4 is 0 Å². The van der Waals surface area contributed by atoms with Crippen molar-refractivity contribution in [1.82, 2.24) is 9.97 Å². The van der Waals surface area contributed by atoms with Crippen molar-refractivity contribution in [3.8, 4) is 11.3 Å². The maximum Gasteiger partial charge on any atom is 0.168 e. The van der Waals surface area contributed by atoms with Crippen molar-refractivity contribution in [2.24, 2.45) is 0 Å². The van der Waals surface area contributed by atoms with E-state index in [0.29, 0.717) is 17.7 Å². The summed E-state index contributed by atoms with van der Waals surface area (Å²) in [7, 11) is 0. The molecule has 1 aromatic carbocycles. The lowest BCUT2D eigenvalue weighted by atomic mass is 10.0. The molecule has 2 nitrogen and oxygen atoms in total. The molecule has 0 N–H and O–H groups in total. The summed E-state index contributed by atoms with van der Waals surface area (Å²) in [4.78, 5) is 7.95. The van der Waals surface area contributed by atoms with E-state index in [0.717, 1.165) is 6.42 Å². The van der Waals surface area contributed by atoms with Crippen molar-refractivity contribution in [1.29, 1.82) is 0 Å². The molecule has 2 rings (SSSR count). The van der Waals surface area contributed by atoms with E-state index in [2.05, 4.69) is 9.97 Å². The molecule has 1 heterocycles. The first kappa shape index (κ1) is 13.9. The minimum Gasteiger partial charge on any atom is -0.236 e. The molecule has 100 valence electrons. The van der Waals surface area contributed by atoms with Gasteiger partial charge in [-0.05, 0) is 25.0 Å². The van der Waals surface area contributed by atoms with Crippen molar-refractivity contribution in [3.63, 3.8) is 0 Å². The maximum absolute atomic E-state index is 14.0. The molecule has 0 unspecified atom stereocenters. The molecule has 0 aliphatic heterocycles. The Kier molecular flexibility index (Phi) is 4.10. The molecule has 5 heteroatoms. The molecule has 1 aromatic heterocycles. The zero-order valence-corrected chi connectivity index (χ0v) is 11.4. The molecule has 19 heavy (non-hydrogen) atoms. The van der Waals surface area contributed by atoms with Crippen LogP contribution >= 0.6 is 11.6 Å². The Morgan fingerprint density at radius 1 is 1.16 bits per heavy atom. The second-order valence-electron chi connectivity index (χ2n) is 4.30. The molecule has 0 amide bonds. The summed E-state index contributed by atoms with van der Waals surface area (Å²) in [5.74, 6) is -1.75. The zero-order chi connectivity index (χ0) is 14.0. The second kappa shape index (κ2) is 5.61. The molecular formula is C14H13ClF2N2. The molecule has 2 aromatic rings. The SMILES string of the molecule is CCCc1c(Cl)ncnc1-c1ccc(C)c(F)c1F. The number of halogens is 3. The number of aryl methyl sites for hydroxylation is 1. The van der Waals surface area contributed by atoms with Crippen molar-refractivity contribution in [2.45, 2.75) is 26.7 Å². The fourth-order valence-corrected chi connectivity index (χ4v) is 2.15. The Labute approximate surface area is 115 Å². The molecule has 0 saturated carbocycles. The highest BCUT2D eigenvalue weighted by Gasteiger charge is 2.18. The van der Waals surface area contributed by atoms with E-state index < -0.39 is 11.6 Å². The van der Waals surface area contributed by atoms with Gasteiger partial charge in [-0.25, -0.2) is 18.7 Å². The van der Waals surface area contributed by atoms with Gasteiger partial charge in [-0.3, -0.25) is 0 Å². The lowest BCUT2D eigenvalue weighted by Crippen LogP contribution is -2.00. The van der Waals surface area contributed by atoms with Crippen LogP contribution in [0.4, 0.5) is 8.78 Å². The van der Waals surface area contributed by atoms with Crippen LogP contribution in [0.15, 0.2) is 18.5 Å². The molecule has 0 radical (unpaired) electrons. The predicted molar refractivity (Wildman–Crippen MR) is 71.1 cm³/mol. The van der Waals surface area contributed by atoms with E-state index in [1.807, 2.05) is 6.92 Å². The van der Waals surface area contributed by atoms with E-state index in [1.54, 1.807) is 0 Å². The minimum atomic E-state index is -0.896. The summed E-state index contributed by atoms with van der Waals surface area (Å²) in [6, 6.07) is 3.05. The monoisotopic (exact) mass is 282 g/mol. The lowest BCUT2D eigenvalue weighted by molar-refractivity contribution is 0.505. The Hall–Kier alpha value is -1.55. The van der Waals surface area contributed by atoms with Crippen molar-refractivity contribution in [3.05, 3.63) is 46.4 Å². The first-order valence-corrected chi connectivity index (χ1v) is 6.38. The Morgan fingerprint density at radius 3 is 2.58 bits per heavy atom. The van der Waals surface area contributed by atoms with Crippen LogP contribution in [-0.4, -0.2) is 9.97 Å². The van der Waals surface area contributed by atoms with Crippen LogP contribution in [0.5, 0.6) is 0 Å². The average molecular weight is 283 g/mol. The third kappa shape index (κ3) is 2.59. The number of hydrogen-bond donors (Lipinski definition) is 0. The number of rotatable bonds is 3. The normalized spacial score (nSPS) is 10.8. The molecule has 0 atom stereocenters. The van der Waals surface area contributed by atoms with Crippen LogP contribution in [0, 0.1) is 18.6 Å². The van der Waals surface area contributed by atoms with Gasteiger partial charge in [0, 0.05) is 11.1 Å². The summed E-state index contributed by atoms with van der Waals surface area (Å²) in [5.41, 5.74) is 1.39. The van der Waals surface area contributed by atoms with Crippen molar-refractivity contribution < 1.29 is 8.78 Å². The highest BCUT2D eigenvalue weighted by Crippen LogP contribution is 2.30. The maximum atomic E-state index is 14.0. The van der Waals surface area contributed by atoms with Gasteiger partial charge < -0.3 is 0 Å². The second-order valence-corrected chi connectivity index (χ2v) is 4.66. The third-order valence-corrected chi connectivity index (χ3v) is 3.25. The number of aromatic nitrogens is 2. The molecule has 0 spiro atoms. The van der Waals surface area contributed by atoms with Crippen LogP contribution in [-0.2, 0) is 6.42 Å². The molecule has 0 fully saturated rings. The van der Waals surface area contributed by atoms with E-state index in [9.17, 15) is 8.78 Å². The predicted octanol–water partition coefficient (Wildman–Crippen LogP) is 4.34. The third-order valence-electron chi connectivity index (χ3n) is 2.92. The van der Waals surface area contributed by atoms with E-state index in [1.165, 1.54) is 25.4 Å². The largest absolute Gasteiger partial charge is 0.236 e. The minimum absolute atomic E-state index is 0.121. The Bertz CT molecular complexity index is 615. The van der Waals surface area contributed by atoms with Gasteiger partial charge in [0.15, 0.2) is 11.6 Å². The highest BCUT2D eigenvalue weighted by molar-refractivity contribution is 6.30. The fraction of sp³-hybridized carbons (Fsp3) is 0.286. The summed E-state index contributed by atoms with van der Waals surface area (Å²) in [6.45, 7) is 3.49. The molecule has 0 aliphatic rings. The van der Waals surface area contributed by atoms with Crippen LogP contribution in [0.25, 0.3) is 11.3 Å². The summed E-state index contributed by atoms with van der Waals surface area (Å²) in [6.07, 6.45) is 2.69. The van der Waals surface area contributed by atoms with Crippen LogP contribution in [0.2, 0.25) is 5.15 Å². The first-order valence-electron chi connectivity index (χ1n) is 6.00. The van der Waals surface area contributed by atoms with Gasteiger partial charge in [0.1, 0.15) is 11.5 Å². The number of nitrogens with zero attached hydrogens (tertiary/aromatic N) is 2. The van der Waals surface area contributed by atoms with E-state index in [-0.39, 0.29) is 16.3 Å². The van der Waals surface area contributed by atoms with Gasteiger partial charge in [0.25, 0.3) is 0 Å². The number of benzene rings is 1. The highest BCUT2D eigenvalue weighted by atomic mass is 35.5. The molecule has 0 bridgehead atoms. The van der Waals surface area contributed by atoms with Gasteiger partial charge in [-0.2, -0.15) is 0 Å². The van der Waals surface area contributed by atoms with Gasteiger partial charge in [-0.1, -0.05) is 31.0 Å². The lowest BCUT2D eigenvalue weighted by Gasteiger charge is -2.11.